The number of hydrogen-bond donors (Lipinski definition) is 2. The van der Waals surface area contributed by atoms with E-state index >= 15 is 0 Å². The Bertz CT molecular complexity index is 1610. The summed E-state index contributed by atoms with van der Waals surface area (Å²) in [6, 6.07) is 27.3. The maximum Gasteiger partial charge on any atom is 0.272 e. The number of carbonyl (C=O) groups is 3. The molecule has 0 aliphatic carbocycles. The molecular formula is C33H27ClN2O5. The average Bonchev–Trinajstić information content (AvgIpc) is 3.01. The predicted molar refractivity (Wildman–Crippen MR) is 161 cm³/mol. The maximum atomic E-state index is 13.2. The summed E-state index contributed by atoms with van der Waals surface area (Å²) in [5.41, 5.74) is 2.61. The molecular weight excluding hydrogens is 540 g/mol. The number of amides is 2. The van der Waals surface area contributed by atoms with Crippen LogP contribution in [0.3, 0.4) is 0 Å². The van der Waals surface area contributed by atoms with E-state index < -0.39 is 11.8 Å². The second kappa shape index (κ2) is 13.8. The monoisotopic (exact) mass is 566 g/mol. The van der Waals surface area contributed by atoms with E-state index in [1.165, 1.54) is 12.2 Å². The lowest BCUT2D eigenvalue weighted by molar-refractivity contribution is -0.113. The molecule has 0 bridgehead atoms. The summed E-state index contributed by atoms with van der Waals surface area (Å²) >= 11 is 6.29. The molecule has 0 saturated heterocycles. The van der Waals surface area contributed by atoms with Gasteiger partial charge < -0.3 is 20.1 Å². The largest absolute Gasteiger partial charge is 0.493 e. The van der Waals surface area contributed by atoms with Crippen molar-refractivity contribution in [3.8, 4) is 11.5 Å². The van der Waals surface area contributed by atoms with E-state index in [1.54, 1.807) is 111 Å². The van der Waals surface area contributed by atoms with Crippen LogP contribution >= 0.6 is 11.6 Å². The molecule has 0 spiro atoms. The molecule has 7 nitrogen and oxygen atoms in total. The lowest BCUT2D eigenvalue weighted by Crippen LogP contribution is -2.30. The first-order valence-corrected chi connectivity index (χ1v) is 12.9. The van der Waals surface area contributed by atoms with Crippen molar-refractivity contribution >= 4 is 47.0 Å². The Hall–Kier alpha value is -5.14. The van der Waals surface area contributed by atoms with Gasteiger partial charge in [0.05, 0.1) is 14.2 Å². The van der Waals surface area contributed by atoms with Crippen LogP contribution in [0.1, 0.15) is 31.8 Å². The lowest BCUT2D eigenvalue weighted by atomic mass is 10.1. The highest BCUT2D eigenvalue weighted by Crippen LogP contribution is 2.28. The zero-order chi connectivity index (χ0) is 29.2. The second-order valence-corrected chi connectivity index (χ2v) is 9.15. The molecule has 4 aromatic carbocycles. The number of allylic oxidation sites excluding steroid dienone is 1. The number of carbonyl (C=O) groups excluding carboxylic acids is 3. The summed E-state index contributed by atoms with van der Waals surface area (Å²) in [6.07, 6.45) is 4.65. The first-order valence-electron chi connectivity index (χ1n) is 12.6. The van der Waals surface area contributed by atoms with Gasteiger partial charge in [-0.05, 0) is 77.9 Å². The van der Waals surface area contributed by atoms with Crippen molar-refractivity contribution in [1.29, 1.82) is 0 Å². The van der Waals surface area contributed by atoms with Crippen LogP contribution in [0.4, 0.5) is 5.69 Å². The Morgan fingerprint density at radius 2 is 1.44 bits per heavy atom. The Balaban J connectivity index is 1.48. The topological polar surface area (TPSA) is 93.7 Å². The highest BCUT2D eigenvalue weighted by atomic mass is 35.5. The van der Waals surface area contributed by atoms with E-state index in [-0.39, 0.29) is 11.5 Å². The fraction of sp³-hybridized carbons (Fsp3) is 0.0606. The van der Waals surface area contributed by atoms with E-state index in [4.69, 9.17) is 21.1 Å². The van der Waals surface area contributed by atoms with Crippen LogP contribution in [0, 0.1) is 0 Å². The number of halogens is 1. The van der Waals surface area contributed by atoms with Gasteiger partial charge in [-0.25, -0.2) is 0 Å². The highest BCUT2D eigenvalue weighted by molar-refractivity contribution is 6.32. The van der Waals surface area contributed by atoms with Gasteiger partial charge >= 0.3 is 0 Å². The normalized spacial score (nSPS) is 11.1. The minimum atomic E-state index is -0.554. The van der Waals surface area contributed by atoms with E-state index in [0.717, 1.165) is 5.56 Å². The van der Waals surface area contributed by atoms with Gasteiger partial charge in [-0.2, -0.15) is 0 Å². The zero-order valence-electron chi connectivity index (χ0n) is 22.4. The average molecular weight is 567 g/mol. The summed E-state index contributed by atoms with van der Waals surface area (Å²) in [4.78, 5) is 38.8. The number of ketones is 1. The standard InChI is InChI=1S/C33H27ClN2O5/c1-40-30-19-13-22(20-31(30)41-2)12-18-29(37)23-14-16-26(17-15-23)35-33(39)28(21-25-10-6-7-11-27(25)34)36-32(38)24-8-4-3-5-9-24/h3-21H,1-2H3,(H,35,39)(H,36,38)/b18-12+,28-21-. The van der Waals surface area contributed by atoms with Crippen LogP contribution in [-0.2, 0) is 4.79 Å². The van der Waals surface area contributed by atoms with Gasteiger partial charge in [0.1, 0.15) is 5.70 Å². The van der Waals surface area contributed by atoms with Gasteiger partial charge in [-0.3, -0.25) is 14.4 Å². The Morgan fingerprint density at radius 1 is 0.756 bits per heavy atom. The van der Waals surface area contributed by atoms with Crippen LogP contribution in [0.15, 0.2) is 109 Å². The predicted octanol–water partition coefficient (Wildman–Crippen LogP) is 6.66. The number of anilines is 1. The van der Waals surface area contributed by atoms with E-state index in [9.17, 15) is 14.4 Å². The molecule has 4 aromatic rings. The summed E-state index contributed by atoms with van der Waals surface area (Å²) in [5, 5.41) is 5.87. The van der Waals surface area contributed by atoms with Crippen molar-refractivity contribution in [2.75, 3.05) is 19.5 Å². The first-order chi connectivity index (χ1) is 19.9. The molecule has 4 rings (SSSR count). The molecule has 2 N–H and O–H groups in total. The summed E-state index contributed by atoms with van der Waals surface area (Å²) < 4.78 is 10.5. The van der Waals surface area contributed by atoms with Crippen LogP contribution in [-0.4, -0.2) is 31.8 Å². The fourth-order valence-electron chi connectivity index (χ4n) is 3.83. The Labute approximate surface area is 243 Å². The maximum absolute atomic E-state index is 13.2. The van der Waals surface area contributed by atoms with E-state index in [0.29, 0.717) is 38.9 Å². The number of ether oxygens (including phenoxy) is 2. The van der Waals surface area contributed by atoms with Crippen molar-refractivity contribution in [2.45, 2.75) is 0 Å². The molecule has 0 aliphatic rings. The van der Waals surface area contributed by atoms with Gasteiger partial charge in [-0.15, -0.1) is 0 Å². The number of methoxy groups -OCH3 is 2. The van der Waals surface area contributed by atoms with Gasteiger partial charge in [0.25, 0.3) is 11.8 Å². The molecule has 2 amide bonds. The van der Waals surface area contributed by atoms with Crippen molar-refractivity contribution in [2.24, 2.45) is 0 Å². The summed E-state index contributed by atoms with van der Waals surface area (Å²) in [7, 11) is 3.10. The summed E-state index contributed by atoms with van der Waals surface area (Å²) in [6.45, 7) is 0. The molecule has 206 valence electrons. The quantitative estimate of drug-likeness (QED) is 0.165. The van der Waals surface area contributed by atoms with E-state index in [1.807, 2.05) is 6.07 Å². The molecule has 0 aliphatic heterocycles. The smallest absolute Gasteiger partial charge is 0.272 e. The lowest BCUT2D eigenvalue weighted by Gasteiger charge is -2.12. The van der Waals surface area contributed by atoms with Gasteiger partial charge in [0.2, 0.25) is 0 Å². The zero-order valence-corrected chi connectivity index (χ0v) is 23.1. The molecule has 41 heavy (non-hydrogen) atoms. The molecule has 0 fully saturated rings. The minimum Gasteiger partial charge on any atom is -0.493 e. The fourth-order valence-corrected chi connectivity index (χ4v) is 4.02. The molecule has 0 heterocycles. The van der Waals surface area contributed by atoms with Crippen LogP contribution in [0.25, 0.3) is 12.2 Å². The van der Waals surface area contributed by atoms with Crippen molar-refractivity contribution < 1.29 is 23.9 Å². The highest BCUT2D eigenvalue weighted by Gasteiger charge is 2.16. The first kappa shape index (κ1) is 28.9. The summed E-state index contributed by atoms with van der Waals surface area (Å²) in [5.74, 6) is -0.0572. The SMILES string of the molecule is COc1ccc(/C=C/C(=O)c2ccc(NC(=O)/C(=C/c3ccccc3Cl)NC(=O)c3ccccc3)cc2)cc1OC. The van der Waals surface area contributed by atoms with Gasteiger partial charge in [0, 0.05) is 21.8 Å². The molecule has 0 unspecified atom stereocenters. The Kier molecular flexibility index (Phi) is 9.70. The third-order valence-corrected chi connectivity index (χ3v) is 6.34. The van der Waals surface area contributed by atoms with Crippen LogP contribution < -0.4 is 20.1 Å². The second-order valence-electron chi connectivity index (χ2n) is 8.74. The molecule has 0 atom stereocenters. The number of nitrogens with one attached hydrogen (secondary N) is 2. The van der Waals surface area contributed by atoms with Gasteiger partial charge in [0.15, 0.2) is 17.3 Å². The van der Waals surface area contributed by atoms with Crippen LogP contribution in [0.2, 0.25) is 5.02 Å². The third kappa shape index (κ3) is 7.71. The molecule has 0 aromatic heterocycles. The van der Waals surface area contributed by atoms with Gasteiger partial charge in [-0.1, -0.05) is 60.1 Å². The Morgan fingerprint density at radius 3 is 2.12 bits per heavy atom. The number of rotatable bonds is 10. The molecule has 0 saturated carbocycles. The molecule has 8 heteroatoms. The van der Waals surface area contributed by atoms with E-state index in [2.05, 4.69) is 10.6 Å². The molecule has 0 radical (unpaired) electrons. The van der Waals surface area contributed by atoms with Crippen molar-refractivity contribution in [1.82, 2.24) is 5.32 Å². The van der Waals surface area contributed by atoms with Crippen molar-refractivity contribution in [3.05, 3.63) is 136 Å². The number of benzene rings is 4. The number of hydrogen-bond acceptors (Lipinski definition) is 5. The van der Waals surface area contributed by atoms with Crippen molar-refractivity contribution in [3.63, 3.8) is 0 Å². The minimum absolute atomic E-state index is 0.00459. The van der Waals surface area contributed by atoms with Crippen LogP contribution in [0.5, 0.6) is 11.5 Å². The third-order valence-electron chi connectivity index (χ3n) is 6.00.